The van der Waals surface area contributed by atoms with Gasteiger partial charge in [0.25, 0.3) is 5.91 Å². The molecule has 0 spiro atoms. The third-order valence-corrected chi connectivity index (χ3v) is 6.63. The fraction of sp³-hybridized carbons (Fsp3) is 0.136. The van der Waals surface area contributed by atoms with Crippen LogP contribution < -0.4 is 5.32 Å². The molecule has 0 fully saturated rings. The molecule has 29 heavy (non-hydrogen) atoms. The van der Waals surface area contributed by atoms with Crippen molar-refractivity contribution in [2.24, 2.45) is 0 Å². The SMILES string of the molecule is CC(NC(=O)c1cc2scc(Br)c2n1Cc1ccc(F)cc1F)c1ccccc1. The molecule has 1 N–H and O–H groups in total. The molecular formula is C22H17BrF2N2OS. The van der Waals surface area contributed by atoms with Crippen molar-refractivity contribution < 1.29 is 13.6 Å². The third-order valence-electron chi connectivity index (χ3n) is 4.80. The molecular weight excluding hydrogens is 458 g/mol. The molecule has 0 saturated heterocycles. The van der Waals surface area contributed by atoms with E-state index in [0.29, 0.717) is 11.3 Å². The van der Waals surface area contributed by atoms with Gasteiger partial charge in [-0.15, -0.1) is 11.3 Å². The number of rotatable bonds is 5. The predicted octanol–water partition coefficient (Wildman–Crippen LogP) is 6.28. The lowest BCUT2D eigenvalue weighted by Gasteiger charge is -2.16. The van der Waals surface area contributed by atoms with E-state index in [1.807, 2.05) is 42.6 Å². The lowest BCUT2D eigenvalue weighted by molar-refractivity contribution is 0.0931. The van der Waals surface area contributed by atoms with Crippen LogP contribution in [0.4, 0.5) is 8.78 Å². The van der Waals surface area contributed by atoms with Crippen molar-refractivity contribution in [3.63, 3.8) is 0 Å². The molecule has 0 aliphatic heterocycles. The number of hydrogen-bond acceptors (Lipinski definition) is 2. The monoisotopic (exact) mass is 474 g/mol. The van der Waals surface area contributed by atoms with Crippen molar-refractivity contribution >= 4 is 43.4 Å². The first kappa shape index (κ1) is 19.8. The Kier molecular flexibility index (Phi) is 5.52. The smallest absolute Gasteiger partial charge is 0.268 e. The van der Waals surface area contributed by atoms with Crippen LogP contribution in [-0.4, -0.2) is 10.5 Å². The molecule has 7 heteroatoms. The number of halogens is 3. The summed E-state index contributed by atoms with van der Waals surface area (Å²) in [4.78, 5) is 13.1. The van der Waals surface area contributed by atoms with E-state index < -0.39 is 11.6 Å². The van der Waals surface area contributed by atoms with Gasteiger partial charge in [0.1, 0.15) is 17.3 Å². The number of aromatic nitrogens is 1. The summed E-state index contributed by atoms with van der Waals surface area (Å²) in [6.45, 7) is 2.03. The highest BCUT2D eigenvalue weighted by Crippen LogP contribution is 2.34. The highest BCUT2D eigenvalue weighted by Gasteiger charge is 2.21. The van der Waals surface area contributed by atoms with E-state index >= 15 is 0 Å². The summed E-state index contributed by atoms with van der Waals surface area (Å²) in [7, 11) is 0. The molecule has 0 bridgehead atoms. The molecule has 3 nitrogen and oxygen atoms in total. The highest BCUT2D eigenvalue weighted by molar-refractivity contribution is 9.10. The number of nitrogens with one attached hydrogen (secondary N) is 1. The van der Waals surface area contributed by atoms with Crippen LogP contribution >= 0.6 is 27.3 Å². The minimum absolute atomic E-state index is 0.118. The van der Waals surface area contributed by atoms with Crippen molar-refractivity contribution in [2.75, 3.05) is 0 Å². The molecule has 2 aromatic heterocycles. The largest absolute Gasteiger partial charge is 0.344 e. The molecule has 148 valence electrons. The Morgan fingerprint density at radius 2 is 1.93 bits per heavy atom. The molecule has 4 aromatic rings. The summed E-state index contributed by atoms with van der Waals surface area (Å²) in [6, 6.07) is 14.8. The number of carbonyl (C=O) groups is 1. The van der Waals surface area contributed by atoms with Crippen molar-refractivity contribution in [1.29, 1.82) is 0 Å². The molecule has 2 heterocycles. The van der Waals surface area contributed by atoms with Gasteiger partial charge in [-0.3, -0.25) is 4.79 Å². The molecule has 2 aromatic carbocycles. The van der Waals surface area contributed by atoms with Crippen LogP contribution in [0.15, 0.2) is 64.5 Å². The molecule has 0 aliphatic carbocycles. The molecule has 0 saturated carbocycles. The topological polar surface area (TPSA) is 34.0 Å². The first-order valence-corrected chi connectivity index (χ1v) is 10.7. The Balaban J connectivity index is 1.70. The van der Waals surface area contributed by atoms with Gasteiger partial charge in [-0.2, -0.15) is 0 Å². The minimum atomic E-state index is -0.637. The lowest BCUT2D eigenvalue weighted by Crippen LogP contribution is -2.28. The van der Waals surface area contributed by atoms with E-state index in [-0.39, 0.29) is 18.5 Å². The van der Waals surface area contributed by atoms with Gasteiger partial charge in [0.05, 0.1) is 27.3 Å². The number of carbonyl (C=O) groups excluding carboxylic acids is 1. The van der Waals surface area contributed by atoms with Gasteiger partial charge >= 0.3 is 0 Å². The van der Waals surface area contributed by atoms with Gasteiger partial charge in [-0.05, 0) is 40.5 Å². The summed E-state index contributed by atoms with van der Waals surface area (Å²) in [5.74, 6) is -1.52. The first-order chi connectivity index (χ1) is 13.9. The average Bonchev–Trinajstić information content (AvgIpc) is 3.25. The second-order valence-electron chi connectivity index (χ2n) is 6.75. The van der Waals surface area contributed by atoms with Gasteiger partial charge in [0.15, 0.2) is 0 Å². The Labute approximate surface area is 179 Å². The van der Waals surface area contributed by atoms with Crippen LogP contribution in [0.25, 0.3) is 10.2 Å². The zero-order valence-electron chi connectivity index (χ0n) is 15.5. The van der Waals surface area contributed by atoms with Crippen molar-refractivity contribution in [3.8, 4) is 0 Å². The second-order valence-corrected chi connectivity index (χ2v) is 8.52. The van der Waals surface area contributed by atoms with E-state index in [9.17, 15) is 13.6 Å². The Morgan fingerprint density at radius 1 is 1.17 bits per heavy atom. The normalized spacial score (nSPS) is 12.3. The maximum absolute atomic E-state index is 14.3. The van der Waals surface area contributed by atoms with Crippen molar-refractivity contribution in [2.45, 2.75) is 19.5 Å². The number of hydrogen-bond donors (Lipinski definition) is 1. The number of nitrogens with zero attached hydrogens (tertiary/aromatic N) is 1. The van der Waals surface area contributed by atoms with Gasteiger partial charge in [-0.25, -0.2) is 8.78 Å². The van der Waals surface area contributed by atoms with Crippen LogP contribution in [0.1, 0.15) is 34.6 Å². The fourth-order valence-electron chi connectivity index (χ4n) is 3.30. The summed E-state index contributed by atoms with van der Waals surface area (Å²) in [6.07, 6.45) is 0. The van der Waals surface area contributed by atoms with Crippen molar-refractivity contribution in [1.82, 2.24) is 9.88 Å². The first-order valence-electron chi connectivity index (χ1n) is 9.00. The maximum atomic E-state index is 14.3. The van der Waals surface area contributed by atoms with E-state index in [1.54, 1.807) is 10.6 Å². The zero-order valence-corrected chi connectivity index (χ0v) is 17.9. The van der Waals surface area contributed by atoms with E-state index in [1.165, 1.54) is 23.5 Å². The van der Waals surface area contributed by atoms with Gasteiger partial charge in [0, 0.05) is 17.0 Å². The molecule has 1 atom stereocenters. The summed E-state index contributed by atoms with van der Waals surface area (Å²) in [5.41, 5.74) is 2.55. The quantitative estimate of drug-likeness (QED) is 0.362. The van der Waals surface area contributed by atoms with Crippen LogP contribution in [0, 0.1) is 11.6 Å². The Bertz CT molecular complexity index is 1190. The maximum Gasteiger partial charge on any atom is 0.268 e. The van der Waals surface area contributed by atoms with Crippen LogP contribution in [-0.2, 0) is 6.54 Å². The van der Waals surface area contributed by atoms with Crippen LogP contribution in [0.3, 0.4) is 0 Å². The lowest BCUT2D eigenvalue weighted by atomic mass is 10.1. The number of amides is 1. The summed E-state index contributed by atoms with van der Waals surface area (Å²) in [5, 5.41) is 4.94. The van der Waals surface area contributed by atoms with E-state index in [0.717, 1.165) is 26.3 Å². The highest BCUT2D eigenvalue weighted by atomic mass is 79.9. The number of thiophene rings is 1. The Hall–Kier alpha value is -2.51. The minimum Gasteiger partial charge on any atom is -0.344 e. The molecule has 0 radical (unpaired) electrons. The van der Waals surface area contributed by atoms with Crippen LogP contribution in [0.2, 0.25) is 0 Å². The van der Waals surface area contributed by atoms with Gasteiger partial charge < -0.3 is 9.88 Å². The van der Waals surface area contributed by atoms with Gasteiger partial charge in [-0.1, -0.05) is 36.4 Å². The molecule has 4 rings (SSSR count). The standard InChI is InChI=1S/C22H17BrF2N2OS/c1-13(14-5-3-2-4-6-14)26-22(28)19-10-20-21(17(23)12-29-20)27(19)11-15-7-8-16(24)9-18(15)25/h2-10,12-13H,11H2,1H3,(H,26,28). The molecule has 1 amide bonds. The third kappa shape index (κ3) is 3.97. The Morgan fingerprint density at radius 3 is 2.66 bits per heavy atom. The van der Waals surface area contributed by atoms with Crippen LogP contribution in [0.5, 0.6) is 0 Å². The molecule has 0 aliphatic rings. The van der Waals surface area contributed by atoms with Crippen molar-refractivity contribution in [3.05, 3.63) is 92.9 Å². The number of benzene rings is 2. The second kappa shape index (κ2) is 8.08. The van der Waals surface area contributed by atoms with E-state index in [2.05, 4.69) is 21.2 Å². The average molecular weight is 475 g/mol. The zero-order chi connectivity index (χ0) is 20.5. The summed E-state index contributed by atoms with van der Waals surface area (Å²) >= 11 is 5.01. The number of fused-ring (bicyclic) bond motifs is 1. The fourth-order valence-corrected chi connectivity index (χ4v) is 4.99. The summed E-state index contributed by atoms with van der Waals surface area (Å²) < 4.78 is 31.1. The molecule has 1 unspecified atom stereocenters. The van der Waals surface area contributed by atoms with Gasteiger partial charge in [0.2, 0.25) is 0 Å². The van der Waals surface area contributed by atoms with E-state index in [4.69, 9.17) is 0 Å². The predicted molar refractivity (Wildman–Crippen MR) is 115 cm³/mol.